The maximum Gasteiger partial charge on any atom is 0.160 e. The molecule has 2 aromatic heterocycles. The quantitative estimate of drug-likeness (QED) is 0.859. The van der Waals surface area contributed by atoms with Gasteiger partial charge in [0.1, 0.15) is 11.3 Å². The smallest absolute Gasteiger partial charge is 0.160 e. The normalized spacial score (nSPS) is 20.7. The summed E-state index contributed by atoms with van der Waals surface area (Å²) in [4.78, 5) is 9.26. The number of rotatable bonds is 2. The van der Waals surface area contributed by atoms with E-state index in [9.17, 15) is 0 Å². The Morgan fingerprint density at radius 2 is 2.06 bits per heavy atom. The van der Waals surface area contributed by atoms with Crippen LogP contribution in [0.3, 0.4) is 0 Å². The van der Waals surface area contributed by atoms with Crippen molar-refractivity contribution in [3.8, 4) is 0 Å². The molecule has 17 heavy (non-hydrogen) atoms. The third-order valence-electron chi connectivity index (χ3n) is 3.96. The Kier molecular flexibility index (Phi) is 1.79. The Bertz CT molecular complexity index is 578. The maximum absolute atomic E-state index is 5.79. The zero-order valence-electron chi connectivity index (χ0n) is 9.76. The Morgan fingerprint density at radius 3 is 2.71 bits per heavy atom. The highest BCUT2D eigenvalue weighted by Crippen LogP contribution is 2.44. The molecule has 2 fully saturated rings. The summed E-state index contributed by atoms with van der Waals surface area (Å²) in [5.74, 6) is 1.91. The van der Waals surface area contributed by atoms with Crippen LogP contribution in [0.15, 0.2) is 12.3 Å². The summed E-state index contributed by atoms with van der Waals surface area (Å²) in [7, 11) is 0. The van der Waals surface area contributed by atoms with Crippen LogP contribution in [0.2, 0.25) is 0 Å². The van der Waals surface area contributed by atoms with E-state index in [-0.39, 0.29) is 0 Å². The lowest BCUT2D eigenvalue weighted by molar-refractivity contribution is 0.389. The highest BCUT2D eigenvalue weighted by molar-refractivity contribution is 5.75. The first kappa shape index (κ1) is 9.45. The fraction of sp³-hybridized carbons (Fsp3) is 0.538. The van der Waals surface area contributed by atoms with Gasteiger partial charge >= 0.3 is 0 Å². The number of aromatic nitrogens is 3. The number of hydrogen-bond donors (Lipinski definition) is 1. The topological polar surface area (TPSA) is 56.7 Å². The van der Waals surface area contributed by atoms with Crippen LogP contribution in [0.1, 0.15) is 49.9 Å². The van der Waals surface area contributed by atoms with Crippen LogP contribution in [-0.2, 0) is 0 Å². The maximum atomic E-state index is 5.79. The van der Waals surface area contributed by atoms with Crippen LogP contribution in [-0.4, -0.2) is 14.5 Å². The van der Waals surface area contributed by atoms with E-state index >= 15 is 0 Å². The van der Waals surface area contributed by atoms with E-state index in [4.69, 9.17) is 10.7 Å². The number of hydrogen-bond acceptors (Lipinski definition) is 3. The minimum atomic E-state index is 0.645. The average Bonchev–Trinajstić information content (AvgIpc) is 2.98. The second-order valence-electron chi connectivity index (χ2n) is 5.31. The van der Waals surface area contributed by atoms with Gasteiger partial charge in [0.25, 0.3) is 0 Å². The molecule has 0 spiro atoms. The summed E-state index contributed by atoms with van der Waals surface area (Å²) < 4.78 is 2.37. The molecule has 0 unspecified atom stereocenters. The third-order valence-corrected chi connectivity index (χ3v) is 3.96. The van der Waals surface area contributed by atoms with Gasteiger partial charge in [-0.3, -0.25) is 0 Å². The SMILES string of the molecule is Nc1cnc2c(c1)nc(C1CCC1)n2C1CC1. The molecule has 2 aromatic rings. The molecule has 2 saturated carbocycles. The molecular weight excluding hydrogens is 212 g/mol. The standard InChI is InChI=1S/C13H16N4/c14-9-6-11-13(15-7-9)17(10-4-5-10)12(16-11)8-2-1-3-8/h6-8,10H,1-5,14H2. The lowest BCUT2D eigenvalue weighted by atomic mass is 9.85. The first-order valence-electron chi connectivity index (χ1n) is 6.46. The van der Waals surface area contributed by atoms with Crippen LogP contribution in [0.4, 0.5) is 5.69 Å². The van der Waals surface area contributed by atoms with E-state index in [2.05, 4.69) is 9.55 Å². The summed E-state index contributed by atoms with van der Waals surface area (Å²) in [6, 6.07) is 2.59. The van der Waals surface area contributed by atoms with Crippen LogP contribution >= 0.6 is 0 Å². The van der Waals surface area contributed by atoms with Gasteiger partial charge in [-0.05, 0) is 31.7 Å². The summed E-state index contributed by atoms with van der Waals surface area (Å²) in [6.07, 6.45) is 8.20. The minimum absolute atomic E-state index is 0.645. The molecule has 2 heterocycles. The minimum Gasteiger partial charge on any atom is -0.397 e. The molecule has 2 N–H and O–H groups in total. The molecular formula is C13H16N4. The van der Waals surface area contributed by atoms with Crippen molar-refractivity contribution in [1.29, 1.82) is 0 Å². The van der Waals surface area contributed by atoms with E-state index in [1.54, 1.807) is 6.20 Å². The van der Waals surface area contributed by atoms with Gasteiger partial charge in [-0.2, -0.15) is 0 Å². The van der Waals surface area contributed by atoms with Gasteiger partial charge < -0.3 is 10.3 Å². The van der Waals surface area contributed by atoms with Gasteiger partial charge in [0, 0.05) is 12.0 Å². The average molecular weight is 228 g/mol. The predicted octanol–water partition coefficient (Wildman–Crippen LogP) is 2.62. The second kappa shape index (κ2) is 3.22. The first-order chi connectivity index (χ1) is 8.33. The molecule has 0 aromatic carbocycles. The number of nitrogens with two attached hydrogens (primary N) is 1. The molecule has 4 nitrogen and oxygen atoms in total. The fourth-order valence-electron chi connectivity index (χ4n) is 2.66. The molecule has 0 atom stereocenters. The first-order valence-corrected chi connectivity index (χ1v) is 6.46. The van der Waals surface area contributed by atoms with Gasteiger partial charge in [-0.1, -0.05) is 6.42 Å². The van der Waals surface area contributed by atoms with Crippen LogP contribution in [0.5, 0.6) is 0 Å². The van der Waals surface area contributed by atoms with Gasteiger partial charge in [0.15, 0.2) is 5.65 Å². The largest absolute Gasteiger partial charge is 0.397 e. The van der Waals surface area contributed by atoms with Gasteiger partial charge in [-0.25, -0.2) is 9.97 Å². The molecule has 0 radical (unpaired) electrons. The van der Waals surface area contributed by atoms with Gasteiger partial charge in [-0.15, -0.1) is 0 Å². The number of anilines is 1. The molecule has 0 saturated heterocycles. The third kappa shape index (κ3) is 1.36. The van der Waals surface area contributed by atoms with E-state index in [1.807, 2.05) is 6.07 Å². The highest BCUT2D eigenvalue weighted by atomic mass is 15.2. The van der Waals surface area contributed by atoms with Crippen molar-refractivity contribution in [3.63, 3.8) is 0 Å². The van der Waals surface area contributed by atoms with Crippen molar-refractivity contribution in [2.24, 2.45) is 0 Å². The predicted molar refractivity (Wildman–Crippen MR) is 66.8 cm³/mol. The van der Waals surface area contributed by atoms with Crippen molar-refractivity contribution in [3.05, 3.63) is 18.1 Å². The molecule has 0 aliphatic heterocycles. The summed E-state index contributed by atoms with van der Waals surface area (Å²) >= 11 is 0. The molecule has 88 valence electrons. The fourth-order valence-corrected chi connectivity index (χ4v) is 2.66. The van der Waals surface area contributed by atoms with Crippen LogP contribution in [0, 0.1) is 0 Å². The molecule has 4 rings (SSSR count). The zero-order valence-corrected chi connectivity index (χ0v) is 9.76. The monoisotopic (exact) mass is 228 g/mol. The van der Waals surface area contributed by atoms with Crippen molar-refractivity contribution >= 4 is 16.9 Å². The molecule has 0 amide bonds. The Hall–Kier alpha value is -1.58. The number of pyridine rings is 1. The summed E-state index contributed by atoms with van der Waals surface area (Å²) in [5.41, 5.74) is 8.49. The van der Waals surface area contributed by atoms with Crippen molar-refractivity contribution in [2.75, 3.05) is 5.73 Å². The number of imidazole rings is 1. The number of nitrogens with zero attached hydrogens (tertiary/aromatic N) is 3. The Morgan fingerprint density at radius 1 is 1.24 bits per heavy atom. The van der Waals surface area contributed by atoms with E-state index in [0.717, 1.165) is 11.2 Å². The van der Waals surface area contributed by atoms with Crippen molar-refractivity contribution < 1.29 is 0 Å². The van der Waals surface area contributed by atoms with Crippen molar-refractivity contribution in [1.82, 2.24) is 14.5 Å². The van der Waals surface area contributed by atoms with Crippen LogP contribution in [0.25, 0.3) is 11.2 Å². The highest BCUT2D eigenvalue weighted by Gasteiger charge is 2.33. The lowest BCUT2D eigenvalue weighted by Crippen LogP contribution is -2.15. The molecule has 4 heteroatoms. The Balaban J connectivity index is 1.94. The number of fused-ring (bicyclic) bond motifs is 1. The van der Waals surface area contributed by atoms with Crippen LogP contribution < -0.4 is 5.73 Å². The van der Waals surface area contributed by atoms with E-state index < -0.39 is 0 Å². The van der Waals surface area contributed by atoms with E-state index in [0.29, 0.717) is 17.6 Å². The van der Waals surface area contributed by atoms with Gasteiger partial charge in [0.2, 0.25) is 0 Å². The summed E-state index contributed by atoms with van der Waals surface area (Å²) in [5, 5.41) is 0. The molecule has 0 bridgehead atoms. The molecule has 2 aliphatic carbocycles. The van der Waals surface area contributed by atoms with Crippen molar-refractivity contribution in [2.45, 2.75) is 44.1 Å². The molecule has 2 aliphatic rings. The number of nitrogen functional groups attached to an aromatic ring is 1. The Labute approximate surface area is 99.9 Å². The lowest BCUT2D eigenvalue weighted by Gasteiger charge is -2.25. The zero-order chi connectivity index (χ0) is 11.4. The van der Waals surface area contributed by atoms with Gasteiger partial charge in [0.05, 0.1) is 11.9 Å². The summed E-state index contributed by atoms with van der Waals surface area (Å²) in [6.45, 7) is 0. The van der Waals surface area contributed by atoms with E-state index in [1.165, 1.54) is 37.9 Å². The second-order valence-corrected chi connectivity index (χ2v) is 5.31.